The molecule has 0 radical (unpaired) electrons. The monoisotopic (exact) mass is 402 g/mol. The first kappa shape index (κ1) is 19.4. The van der Waals surface area contributed by atoms with Gasteiger partial charge in [-0.1, -0.05) is 11.3 Å². The van der Waals surface area contributed by atoms with Crippen LogP contribution in [0.2, 0.25) is 0 Å². The van der Waals surface area contributed by atoms with E-state index in [1.165, 1.54) is 24.1 Å². The van der Waals surface area contributed by atoms with Gasteiger partial charge < -0.3 is 20.7 Å². The Morgan fingerprint density at radius 3 is 2.70 bits per heavy atom. The molecule has 0 bridgehead atoms. The van der Waals surface area contributed by atoms with Crippen molar-refractivity contribution >= 4 is 38.5 Å². The van der Waals surface area contributed by atoms with Crippen molar-refractivity contribution in [3.05, 3.63) is 18.2 Å². The summed E-state index contributed by atoms with van der Waals surface area (Å²) in [5, 5.41) is 2.78. The first-order valence-electron chi connectivity index (χ1n) is 8.04. The number of rotatable bonds is 6. The lowest BCUT2D eigenvalue weighted by molar-refractivity contribution is -0.274. The molecular formula is C16H17F3N4O3S. The number of hydrogen-bond acceptors (Lipinski definition) is 6. The van der Waals surface area contributed by atoms with Crippen LogP contribution in [0, 0.1) is 5.41 Å². The minimum absolute atomic E-state index is 0.168. The van der Waals surface area contributed by atoms with Gasteiger partial charge in [0.05, 0.1) is 22.2 Å². The van der Waals surface area contributed by atoms with Gasteiger partial charge in [-0.05, 0) is 25.0 Å². The van der Waals surface area contributed by atoms with E-state index in [1.54, 1.807) is 0 Å². The van der Waals surface area contributed by atoms with E-state index in [2.05, 4.69) is 15.0 Å². The van der Waals surface area contributed by atoms with Crippen LogP contribution in [-0.4, -0.2) is 48.2 Å². The van der Waals surface area contributed by atoms with E-state index in [4.69, 9.17) is 5.73 Å². The second-order valence-electron chi connectivity index (χ2n) is 6.39. The summed E-state index contributed by atoms with van der Waals surface area (Å²) >= 11 is 1.01. The molecule has 11 heteroatoms. The van der Waals surface area contributed by atoms with Crippen molar-refractivity contribution in [1.29, 1.82) is 0 Å². The molecule has 0 atom stereocenters. The Morgan fingerprint density at radius 1 is 1.41 bits per heavy atom. The van der Waals surface area contributed by atoms with E-state index in [9.17, 15) is 22.8 Å². The van der Waals surface area contributed by atoms with E-state index < -0.39 is 17.7 Å². The van der Waals surface area contributed by atoms with E-state index in [-0.39, 0.29) is 29.9 Å². The zero-order valence-corrected chi connectivity index (χ0v) is 15.1. The van der Waals surface area contributed by atoms with Crippen LogP contribution in [0.4, 0.5) is 18.3 Å². The number of nitrogens with zero attached hydrogens (tertiary/aromatic N) is 2. The summed E-state index contributed by atoms with van der Waals surface area (Å²) in [6.45, 7) is 0.0803. The normalized spacial score (nSPS) is 15.4. The minimum atomic E-state index is -4.78. The number of ether oxygens (including phenoxy) is 1. The summed E-state index contributed by atoms with van der Waals surface area (Å²) in [6.07, 6.45) is -3.35. The number of carbonyl (C=O) groups is 2. The average Bonchev–Trinajstić information content (AvgIpc) is 3.27. The third kappa shape index (κ3) is 4.48. The van der Waals surface area contributed by atoms with Gasteiger partial charge in [0.25, 0.3) is 0 Å². The number of amides is 2. The number of carbonyl (C=O) groups excluding carboxylic acids is 2. The summed E-state index contributed by atoms with van der Waals surface area (Å²) in [5.41, 5.74) is 5.50. The lowest BCUT2D eigenvalue weighted by atomic mass is 10.1. The van der Waals surface area contributed by atoms with Crippen LogP contribution in [-0.2, 0) is 9.59 Å². The third-order valence-electron chi connectivity index (χ3n) is 4.27. The highest BCUT2D eigenvalue weighted by Crippen LogP contribution is 2.45. The Morgan fingerprint density at radius 2 is 2.11 bits per heavy atom. The maximum atomic E-state index is 12.3. The Hall–Kier alpha value is -2.40. The number of likely N-dealkylation sites (N-methyl/N-ethyl adjacent to an activating group) is 1. The second kappa shape index (κ2) is 6.97. The molecule has 1 aromatic heterocycles. The maximum Gasteiger partial charge on any atom is 0.573 e. The Labute approximate surface area is 156 Å². The standard InChI is InChI=1S/C16H17F3N4O3S/c1-23(13(25)15(8-20)4-5-15)7-12(24)22-14-21-10-3-2-9(6-11(10)27-14)26-16(17,18)19/h2-3,6H,4-5,7-8,20H2,1H3,(H,21,22,24). The van der Waals surface area contributed by atoms with Crippen LogP contribution in [0.1, 0.15) is 12.8 Å². The summed E-state index contributed by atoms with van der Waals surface area (Å²) in [4.78, 5) is 29.9. The highest BCUT2D eigenvalue weighted by molar-refractivity contribution is 7.22. The van der Waals surface area contributed by atoms with Crippen molar-refractivity contribution in [3.63, 3.8) is 0 Å². The van der Waals surface area contributed by atoms with Crippen LogP contribution in [0.3, 0.4) is 0 Å². The molecule has 0 unspecified atom stereocenters. The lowest BCUT2D eigenvalue weighted by Crippen LogP contribution is -2.41. The van der Waals surface area contributed by atoms with Gasteiger partial charge in [0, 0.05) is 19.7 Å². The van der Waals surface area contributed by atoms with Crippen molar-refractivity contribution in [2.45, 2.75) is 19.2 Å². The van der Waals surface area contributed by atoms with Gasteiger partial charge in [-0.15, -0.1) is 13.2 Å². The quantitative estimate of drug-likeness (QED) is 0.773. The second-order valence-corrected chi connectivity index (χ2v) is 7.42. The van der Waals surface area contributed by atoms with E-state index in [0.29, 0.717) is 23.1 Å². The number of thiazole rings is 1. The fraction of sp³-hybridized carbons (Fsp3) is 0.438. The van der Waals surface area contributed by atoms with Gasteiger partial charge in [0.1, 0.15) is 5.75 Å². The number of nitrogens with one attached hydrogen (secondary N) is 1. The SMILES string of the molecule is CN(CC(=O)Nc1nc2ccc(OC(F)(F)F)cc2s1)C(=O)C1(CN)CC1. The number of halogens is 3. The molecule has 0 spiro atoms. The molecule has 1 fully saturated rings. The van der Waals surface area contributed by atoms with Crippen LogP contribution < -0.4 is 15.8 Å². The molecule has 0 saturated heterocycles. The van der Waals surface area contributed by atoms with Crippen LogP contribution in [0.15, 0.2) is 18.2 Å². The molecule has 1 aliphatic carbocycles. The Kier molecular flexibility index (Phi) is 5.00. The first-order chi connectivity index (χ1) is 12.6. The number of anilines is 1. The van der Waals surface area contributed by atoms with E-state index in [1.807, 2.05) is 0 Å². The number of alkyl halides is 3. The first-order valence-corrected chi connectivity index (χ1v) is 8.85. The molecule has 27 heavy (non-hydrogen) atoms. The topological polar surface area (TPSA) is 97.5 Å². The maximum absolute atomic E-state index is 12.3. The zero-order chi connectivity index (χ0) is 19.8. The molecule has 1 heterocycles. The molecule has 3 rings (SSSR count). The smallest absolute Gasteiger partial charge is 0.406 e. The summed E-state index contributed by atoms with van der Waals surface area (Å²) in [5.74, 6) is -0.985. The van der Waals surface area contributed by atoms with Crippen molar-refractivity contribution < 1.29 is 27.5 Å². The lowest BCUT2D eigenvalue weighted by Gasteiger charge is -2.21. The summed E-state index contributed by atoms with van der Waals surface area (Å²) < 4.78 is 41.2. The van der Waals surface area contributed by atoms with Crippen molar-refractivity contribution in [3.8, 4) is 5.75 Å². The molecule has 146 valence electrons. The van der Waals surface area contributed by atoms with Crippen LogP contribution in [0.25, 0.3) is 10.2 Å². The van der Waals surface area contributed by atoms with E-state index in [0.717, 1.165) is 17.4 Å². The highest BCUT2D eigenvalue weighted by atomic mass is 32.1. The molecule has 7 nitrogen and oxygen atoms in total. The average molecular weight is 402 g/mol. The molecule has 3 N–H and O–H groups in total. The van der Waals surface area contributed by atoms with E-state index >= 15 is 0 Å². The van der Waals surface area contributed by atoms with Crippen molar-refractivity contribution in [2.75, 3.05) is 25.5 Å². The number of hydrogen-bond donors (Lipinski definition) is 2. The summed E-state index contributed by atoms with van der Waals surface area (Å²) in [7, 11) is 1.52. The molecule has 2 amide bonds. The van der Waals surface area contributed by atoms with Crippen molar-refractivity contribution in [2.24, 2.45) is 11.1 Å². The van der Waals surface area contributed by atoms with Gasteiger partial charge in [0.2, 0.25) is 11.8 Å². The van der Waals surface area contributed by atoms with Crippen LogP contribution in [0.5, 0.6) is 5.75 Å². The number of fused-ring (bicyclic) bond motifs is 1. The third-order valence-corrected chi connectivity index (χ3v) is 5.20. The number of nitrogens with two attached hydrogens (primary N) is 1. The Balaban J connectivity index is 1.64. The number of benzene rings is 1. The molecule has 0 aliphatic heterocycles. The predicted octanol–water partition coefficient (Wildman–Crippen LogP) is 2.33. The van der Waals surface area contributed by atoms with Crippen molar-refractivity contribution in [1.82, 2.24) is 9.88 Å². The van der Waals surface area contributed by atoms with Gasteiger partial charge in [0.15, 0.2) is 5.13 Å². The number of aromatic nitrogens is 1. The van der Waals surface area contributed by atoms with Gasteiger partial charge in [-0.2, -0.15) is 0 Å². The summed E-state index contributed by atoms with van der Waals surface area (Å²) in [6, 6.07) is 3.72. The molecule has 1 aromatic carbocycles. The largest absolute Gasteiger partial charge is 0.573 e. The van der Waals surface area contributed by atoms with Crippen LogP contribution >= 0.6 is 11.3 Å². The molecule has 1 saturated carbocycles. The Bertz CT molecular complexity index is 879. The molecule has 2 aromatic rings. The van der Waals surface area contributed by atoms with Gasteiger partial charge in [-0.3, -0.25) is 9.59 Å². The van der Waals surface area contributed by atoms with Gasteiger partial charge in [-0.25, -0.2) is 4.98 Å². The fourth-order valence-corrected chi connectivity index (χ4v) is 3.57. The molecular weight excluding hydrogens is 385 g/mol. The van der Waals surface area contributed by atoms with Gasteiger partial charge >= 0.3 is 6.36 Å². The minimum Gasteiger partial charge on any atom is -0.406 e. The fourth-order valence-electron chi connectivity index (χ4n) is 2.66. The molecule has 1 aliphatic rings. The predicted molar refractivity (Wildman–Crippen MR) is 93.3 cm³/mol. The highest BCUT2D eigenvalue weighted by Gasteiger charge is 2.50. The zero-order valence-electron chi connectivity index (χ0n) is 14.3.